The SMILES string of the molecule is Cc1ccc(C(CCl)(CCl)CCc2cccs2)cc1. The number of alkyl halides is 2. The number of aryl methyl sites for hydroxylation is 2. The predicted molar refractivity (Wildman–Crippen MR) is 86.9 cm³/mol. The van der Waals surface area contributed by atoms with E-state index in [1.54, 1.807) is 11.3 Å². The van der Waals surface area contributed by atoms with Crippen molar-refractivity contribution in [2.45, 2.75) is 25.2 Å². The van der Waals surface area contributed by atoms with E-state index in [4.69, 9.17) is 23.2 Å². The van der Waals surface area contributed by atoms with E-state index in [2.05, 4.69) is 48.7 Å². The highest BCUT2D eigenvalue weighted by Gasteiger charge is 2.30. The van der Waals surface area contributed by atoms with E-state index >= 15 is 0 Å². The molecule has 2 aromatic rings. The third-order valence-corrected chi connectivity index (χ3v) is 5.56. The van der Waals surface area contributed by atoms with Crippen LogP contribution < -0.4 is 0 Å². The van der Waals surface area contributed by atoms with Crippen LogP contribution >= 0.6 is 34.5 Å². The molecule has 102 valence electrons. The molecule has 0 unspecified atom stereocenters. The Morgan fingerprint density at radius 1 is 1.05 bits per heavy atom. The molecule has 0 aliphatic heterocycles. The minimum Gasteiger partial charge on any atom is -0.149 e. The summed E-state index contributed by atoms with van der Waals surface area (Å²) < 4.78 is 0. The van der Waals surface area contributed by atoms with Gasteiger partial charge in [-0.1, -0.05) is 35.9 Å². The monoisotopic (exact) mass is 312 g/mol. The summed E-state index contributed by atoms with van der Waals surface area (Å²) in [6.07, 6.45) is 2.02. The summed E-state index contributed by atoms with van der Waals surface area (Å²) >= 11 is 14.3. The van der Waals surface area contributed by atoms with Gasteiger partial charge < -0.3 is 0 Å². The van der Waals surface area contributed by atoms with Crippen LogP contribution in [0.15, 0.2) is 41.8 Å². The van der Waals surface area contributed by atoms with Gasteiger partial charge in [-0.15, -0.1) is 34.5 Å². The maximum Gasteiger partial charge on any atom is 0.0332 e. The lowest BCUT2D eigenvalue weighted by Gasteiger charge is -2.30. The van der Waals surface area contributed by atoms with Crippen LogP contribution in [0, 0.1) is 6.92 Å². The average molecular weight is 313 g/mol. The van der Waals surface area contributed by atoms with Crippen molar-refractivity contribution in [1.29, 1.82) is 0 Å². The Balaban J connectivity index is 2.19. The third-order valence-electron chi connectivity index (χ3n) is 3.61. The molecule has 0 fully saturated rings. The van der Waals surface area contributed by atoms with Crippen molar-refractivity contribution < 1.29 is 0 Å². The van der Waals surface area contributed by atoms with Crippen LogP contribution in [0.4, 0.5) is 0 Å². The largest absolute Gasteiger partial charge is 0.149 e. The summed E-state index contributed by atoms with van der Waals surface area (Å²) in [6, 6.07) is 12.9. The highest BCUT2D eigenvalue weighted by atomic mass is 35.5. The summed E-state index contributed by atoms with van der Waals surface area (Å²) in [5.41, 5.74) is 2.39. The third kappa shape index (κ3) is 3.53. The topological polar surface area (TPSA) is 0 Å². The molecule has 0 bridgehead atoms. The summed E-state index contributed by atoms with van der Waals surface area (Å²) in [6.45, 7) is 2.10. The van der Waals surface area contributed by atoms with Gasteiger partial charge in [0, 0.05) is 22.1 Å². The molecule has 1 aromatic carbocycles. The molecule has 3 heteroatoms. The summed E-state index contributed by atoms with van der Waals surface area (Å²) in [4.78, 5) is 1.40. The molecule has 0 amide bonds. The average Bonchev–Trinajstić information content (AvgIpc) is 2.95. The molecule has 0 saturated carbocycles. The standard InChI is InChI=1S/C16H18Cl2S/c1-13-4-6-14(7-5-13)16(11-17,12-18)9-8-15-3-2-10-19-15/h2-7,10H,8-9,11-12H2,1H3. The Kier molecular flexibility index (Phi) is 5.32. The molecule has 0 radical (unpaired) electrons. The second-order valence-corrected chi connectivity index (χ2v) is 6.56. The van der Waals surface area contributed by atoms with Crippen LogP contribution in [0.25, 0.3) is 0 Å². The first-order chi connectivity index (χ1) is 9.20. The van der Waals surface area contributed by atoms with Crippen molar-refractivity contribution in [2.24, 2.45) is 0 Å². The van der Waals surface area contributed by atoms with Crippen molar-refractivity contribution in [2.75, 3.05) is 11.8 Å². The van der Waals surface area contributed by atoms with Gasteiger partial charge in [0.1, 0.15) is 0 Å². The molecular weight excluding hydrogens is 295 g/mol. The Hall–Kier alpha value is -0.500. The minimum atomic E-state index is -0.124. The summed E-state index contributed by atoms with van der Waals surface area (Å²) in [7, 11) is 0. The molecule has 0 atom stereocenters. The summed E-state index contributed by atoms with van der Waals surface area (Å²) in [5, 5.41) is 2.12. The van der Waals surface area contributed by atoms with Crippen LogP contribution in [0.3, 0.4) is 0 Å². The Morgan fingerprint density at radius 2 is 1.74 bits per heavy atom. The molecule has 0 N–H and O–H groups in total. The number of hydrogen-bond acceptors (Lipinski definition) is 1. The first-order valence-corrected chi connectivity index (χ1v) is 8.36. The first kappa shape index (κ1) is 14.9. The molecule has 2 rings (SSSR count). The lowest BCUT2D eigenvalue weighted by atomic mass is 9.79. The number of rotatable bonds is 6. The smallest absolute Gasteiger partial charge is 0.0332 e. The predicted octanol–water partition coefficient (Wildman–Crippen LogP) is 5.40. The van der Waals surface area contributed by atoms with Crippen LogP contribution in [0.1, 0.15) is 22.4 Å². The molecule has 0 saturated heterocycles. The fourth-order valence-corrected chi connectivity index (χ4v) is 3.76. The molecule has 0 spiro atoms. The number of thiophene rings is 1. The Bertz CT molecular complexity index is 484. The molecule has 1 aromatic heterocycles. The lowest BCUT2D eigenvalue weighted by molar-refractivity contribution is 0.494. The van der Waals surface area contributed by atoms with E-state index in [0.717, 1.165) is 12.8 Å². The van der Waals surface area contributed by atoms with Gasteiger partial charge in [0.2, 0.25) is 0 Å². The Morgan fingerprint density at radius 3 is 2.26 bits per heavy atom. The number of hydrogen-bond donors (Lipinski definition) is 0. The van der Waals surface area contributed by atoms with E-state index in [-0.39, 0.29) is 5.41 Å². The molecular formula is C16H18Cl2S. The fourth-order valence-electron chi connectivity index (χ4n) is 2.19. The van der Waals surface area contributed by atoms with E-state index in [9.17, 15) is 0 Å². The van der Waals surface area contributed by atoms with E-state index in [1.165, 1.54) is 16.0 Å². The second kappa shape index (κ2) is 6.78. The maximum absolute atomic E-state index is 6.26. The van der Waals surface area contributed by atoms with Crippen molar-refractivity contribution in [1.82, 2.24) is 0 Å². The van der Waals surface area contributed by atoms with Gasteiger partial charge in [-0.25, -0.2) is 0 Å². The Labute approximate surface area is 129 Å². The maximum atomic E-state index is 6.26. The van der Waals surface area contributed by atoms with Gasteiger partial charge in [-0.3, -0.25) is 0 Å². The van der Waals surface area contributed by atoms with Gasteiger partial charge in [-0.2, -0.15) is 0 Å². The second-order valence-electron chi connectivity index (χ2n) is 4.99. The zero-order chi connectivity index (χ0) is 13.7. The highest BCUT2D eigenvalue weighted by Crippen LogP contribution is 2.33. The lowest BCUT2D eigenvalue weighted by Crippen LogP contribution is -2.31. The minimum absolute atomic E-state index is 0.124. The normalized spacial score (nSPS) is 11.7. The van der Waals surface area contributed by atoms with Crippen LogP contribution in [-0.2, 0) is 11.8 Å². The molecule has 19 heavy (non-hydrogen) atoms. The fraction of sp³-hybridized carbons (Fsp3) is 0.375. The van der Waals surface area contributed by atoms with Gasteiger partial charge in [0.25, 0.3) is 0 Å². The molecule has 0 aliphatic rings. The van der Waals surface area contributed by atoms with Crippen LogP contribution in [-0.4, -0.2) is 11.8 Å². The zero-order valence-corrected chi connectivity index (χ0v) is 13.4. The van der Waals surface area contributed by atoms with Gasteiger partial charge in [0.05, 0.1) is 0 Å². The van der Waals surface area contributed by atoms with Crippen LogP contribution in [0.5, 0.6) is 0 Å². The van der Waals surface area contributed by atoms with E-state index in [0.29, 0.717) is 11.8 Å². The number of benzene rings is 1. The van der Waals surface area contributed by atoms with Crippen molar-refractivity contribution in [3.63, 3.8) is 0 Å². The van der Waals surface area contributed by atoms with Gasteiger partial charge in [-0.05, 0) is 36.8 Å². The first-order valence-electron chi connectivity index (χ1n) is 6.42. The molecule has 0 nitrogen and oxygen atoms in total. The highest BCUT2D eigenvalue weighted by molar-refractivity contribution is 7.09. The quantitative estimate of drug-likeness (QED) is 0.626. The van der Waals surface area contributed by atoms with Crippen molar-refractivity contribution in [3.05, 3.63) is 57.8 Å². The van der Waals surface area contributed by atoms with Crippen LogP contribution in [0.2, 0.25) is 0 Å². The summed E-state index contributed by atoms with van der Waals surface area (Å²) in [5.74, 6) is 1.12. The van der Waals surface area contributed by atoms with Crippen molar-refractivity contribution >= 4 is 34.5 Å². The van der Waals surface area contributed by atoms with Gasteiger partial charge in [0.15, 0.2) is 0 Å². The van der Waals surface area contributed by atoms with E-state index in [1.807, 2.05) is 0 Å². The van der Waals surface area contributed by atoms with Crippen molar-refractivity contribution in [3.8, 4) is 0 Å². The number of halogens is 2. The van der Waals surface area contributed by atoms with Gasteiger partial charge >= 0.3 is 0 Å². The molecule has 0 aliphatic carbocycles. The zero-order valence-electron chi connectivity index (χ0n) is 11.0. The molecule has 1 heterocycles. The van der Waals surface area contributed by atoms with E-state index < -0.39 is 0 Å².